The lowest BCUT2D eigenvalue weighted by Gasteiger charge is -2.19. The van der Waals surface area contributed by atoms with Gasteiger partial charge in [0.25, 0.3) is 0 Å². The number of amides is 1. The predicted octanol–water partition coefficient (Wildman–Crippen LogP) is 4.94. The molecule has 4 aromatic rings. The van der Waals surface area contributed by atoms with Crippen LogP contribution in [0.2, 0.25) is 0 Å². The van der Waals surface area contributed by atoms with Gasteiger partial charge < -0.3 is 15.3 Å². The van der Waals surface area contributed by atoms with Crippen LogP contribution in [-0.2, 0) is 11.2 Å². The van der Waals surface area contributed by atoms with Crippen molar-refractivity contribution < 1.29 is 9.18 Å². The number of para-hydroxylation sites is 2. The molecule has 2 aromatic carbocycles. The van der Waals surface area contributed by atoms with Gasteiger partial charge in [0, 0.05) is 16.6 Å². The van der Waals surface area contributed by atoms with E-state index in [4.69, 9.17) is 0 Å². The van der Waals surface area contributed by atoms with E-state index in [2.05, 4.69) is 34.1 Å². The molecule has 0 aliphatic heterocycles. The van der Waals surface area contributed by atoms with Crippen LogP contribution in [0.5, 0.6) is 0 Å². The summed E-state index contributed by atoms with van der Waals surface area (Å²) < 4.78 is 13.7. The summed E-state index contributed by atoms with van der Waals surface area (Å²) in [6.07, 6.45) is 0.956. The van der Waals surface area contributed by atoms with Crippen LogP contribution in [0.4, 0.5) is 4.39 Å². The van der Waals surface area contributed by atoms with E-state index in [1.807, 2.05) is 31.2 Å². The number of carbonyl (C=O) groups excluding carboxylic acids is 1. The first-order valence-corrected chi connectivity index (χ1v) is 9.91. The fraction of sp³-hybridized carbons (Fsp3) is 0.304. The van der Waals surface area contributed by atoms with E-state index < -0.39 is 0 Å². The Morgan fingerprint density at radius 1 is 1.14 bits per heavy atom. The number of fused-ring (bicyclic) bond motifs is 2. The van der Waals surface area contributed by atoms with Gasteiger partial charge in [0.05, 0.1) is 23.5 Å². The second-order valence-electron chi connectivity index (χ2n) is 7.98. The maximum absolute atomic E-state index is 13.7. The average Bonchev–Trinajstić information content (AvgIpc) is 3.22. The summed E-state index contributed by atoms with van der Waals surface area (Å²) >= 11 is 0. The molecule has 0 bridgehead atoms. The van der Waals surface area contributed by atoms with Crippen molar-refractivity contribution in [3.05, 3.63) is 65.4 Å². The van der Waals surface area contributed by atoms with E-state index in [0.29, 0.717) is 5.92 Å². The first kappa shape index (κ1) is 19.2. The van der Waals surface area contributed by atoms with Crippen molar-refractivity contribution >= 4 is 27.8 Å². The number of imidazole rings is 1. The number of nitrogens with one attached hydrogen (secondary N) is 3. The SMILES string of the molecule is Cc1[nH]c2ccc(F)cc2c1CC(=O)NC(CC(C)C)c1nc2ccccc2[nH]1. The smallest absolute Gasteiger partial charge is 0.225 e. The molecule has 6 heteroatoms. The molecule has 0 saturated heterocycles. The molecule has 0 saturated carbocycles. The minimum atomic E-state index is -0.307. The second kappa shape index (κ2) is 7.70. The Balaban J connectivity index is 1.59. The van der Waals surface area contributed by atoms with Crippen LogP contribution in [0.1, 0.15) is 43.4 Å². The van der Waals surface area contributed by atoms with Crippen molar-refractivity contribution in [2.45, 2.75) is 39.7 Å². The van der Waals surface area contributed by atoms with E-state index in [9.17, 15) is 9.18 Å². The maximum atomic E-state index is 13.7. The Kier molecular flexibility index (Phi) is 5.09. The summed E-state index contributed by atoms with van der Waals surface area (Å²) in [7, 11) is 0. The zero-order chi connectivity index (χ0) is 20.5. The number of aromatic nitrogens is 3. The molecule has 1 amide bonds. The van der Waals surface area contributed by atoms with Gasteiger partial charge in [0.15, 0.2) is 0 Å². The number of halogens is 1. The van der Waals surface area contributed by atoms with Gasteiger partial charge >= 0.3 is 0 Å². The number of hydrogen-bond donors (Lipinski definition) is 3. The number of aromatic amines is 2. The highest BCUT2D eigenvalue weighted by Crippen LogP contribution is 2.25. The lowest BCUT2D eigenvalue weighted by molar-refractivity contribution is -0.121. The summed E-state index contributed by atoms with van der Waals surface area (Å²) in [4.78, 5) is 24.1. The van der Waals surface area contributed by atoms with Crippen LogP contribution in [0.15, 0.2) is 42.5 Å². The molecule has 0 aliphatic rings. The number of hydrogen-bond acceptors (Lipinski definition) is 2. The van der Waals surface area contributed by atoms with Crippen LogP contribution in [-0.4, -0.2) is 20.9 Å². The minimum Gasteiger partial charge on any atom is -0.358 e. The number of benzene rings is 2. The number of carbonyl (C=O) groups is 1. The van der Waals surface area contributed by atoms with Crippen LogP contribution in [0, 0.1) is 18.7 Å². The molecule has 0 aliphatic carbocycles. The minimum absolute atomic E-state index is 0.107. The standard InChI is InChI=1S/C23H25FN4O/c1-13(2)10-21(23-27-19-6-4-5-7-20(19)28-23)26-22(29)12-16-14(3)25-18-9-8-15(24)11-17(16)18/h4-9,11,13,21,25H,10,12H2,1-3H3,(H,26,29)(H,27,28). The highest BCUT2D eigenvalue weighted by atomic mass is 19.1. The van der Waals surface area contributed by atoms with Gasteiger partial charge in [-0.3, -0.25) is 4.79 Å². The van der Waals surface area contributed by atoms with Gasteiger partial charge in [0.1, 0.15) is 11.6 Å². The summed E-state index contributed by atoms with van der Waals surface area (Å²) in [5.74, 6) is 0.731. The molecule has 1 atom stereocenters. The molecular formula is C23H25FN4O. The monoisotopic (exact) mass is 392 g/mol. The Bertz CT molecular complexity index is 1140. The fourth-order valence-electron chi connectivity index (χ4n) is 3.84. The van der Waals surface area contributed by atoms with Crippen LogP contribution in [0.3, 0.4) is 0 Å². The number of aryl methyl sites for hydroxylation is 1. The molecule has 1 unspecified atom stereocenters. The highest BCUT2D eigenvalue weighted by Gasteiger charge is 2.21. The number of nitrogens with zero attached hydrogens (tertiary/aromatic N) is 1. The number of H-pyrrole nitrogens is 2. The van der Waals surface area contributed by atoms with Gasteiger partial charge in [0.2, 0.25) is 5.91 Å². The molecule has 2 heterocycles. The van der Waals surface area contributed by atoms with Gasteiger partial charge in [-0.25, -0.2) is 9.37 Å². The molecular weight excluding hydrogens is 367 g/mol. The lowest BCUT2D eigenvalue weighted by Crippen LogP contribution is -2.31. The second-order valence-corrected chi connectivity index (χ2v) is 7.98. The zero-order valence-corrected chi connectivity index (χ0v) is 16.8. The fourth-order valence-corrected chi connectivity index (χ4v) is 3.84. The van der Waals surface area contributed by atoms with Gasteiger partial charge in [-0.15, -0.1) is 0 Å². The van der Waals surface area contributed by atoms with E-state index >= 15 is 0 Å². The summed E-state index contributed by atoms with van der Waals surface area (Å²) in [6.45, 7) is 6.15. The Morgan fingerprint density at radius 2 is 1.93 bits per heavy atom. The van der Waals surface area contributed by atoms with Gasteiger partial charge in [-0.1, -0.05) is 26.0 Å². The third-order valence-electron chi connectivity index (χ3n) is 5.20. The molecule has 29 heavy (non-hydrogen) atoms. The van der Waals surface area contributed by atoms with Crippen molar-refractivity contribution in [1.29, 1.82) is 0 Å². The molecule has 5 nitrogen and oxygen atoms in total. The maximum Gasteiger partial charge on any atom is 0.225 e. The summed E-state index contributed by atoms with van der Waals surface area (Å²) in [6, 6.07) is 12.2. The van der Waals surface area contributed by atoms with Crippen molar-refractivity contribution in [2.24, 2.45) is 5.92 Å². The quantitative estimate of drug-likeness (QED) is 0.435. The van der Waals surface area contributed by atoms with Crippen LogP contribution >= 0.6 is 0 Å². The van der Waals surface area contributed by atoms with E-state index in [1.54, 1.807) is 6.07 Å². The Labute approximate surface area is 168 Å². The molecule has 150 valence electrons. The highest BCUT2D eigenvalue weighted by molar-refractivity contribution is 5.90. The first-order chi connectivity index (χ1) is 13.9. The third-order valence-corrected chi connectivity index (χ3v) is 5.20. The van der Waals surface area contributed by atoms with Crippen molar-refractivity contribution in [1.82, 2.24) is 20.3 Å². The van der Waals surface area contributed by atoms with Crippen molar-refractivity contribution in [3.8, 4) is 0 Å². The van der Waals surface area contributed by atoms with Crippen LogP contribution in [0.25, 0.3) is 21.9 Å². The average molecular weight is 392 g/mol. The predicted molar refractivity (Wildman–Crippen MR) is 113 cm³/mol. The summed E-state index contributed by atoms with van der Waals surface area (Å²) in [5, 5.41) is 3.88. The van der Waals surface area contributed by atoms with E-state index in [-0.39, 0.29) is 24.2 Å². The Hall–Kier alpha value is -3.15. The molecule has 0 spiro atoms. The first-order valence-electron chi connectivity index (χ1n) is 9.91. The zero-order valence-electron chi connectivity index (χ0n) is 16.8. The Morgan fingerprint density at radius 3 is 2.69 bits per heavy atom. The lowest BCUT2D eigenvalue weighted by atomic mass is 10.0. The third kappa shape index (κ3) is 4.01. The molecule has 3 N–H and O–H groups in total. The van der Waals surface area contributed by atoms with E-state index in [1.165, 1.54) is 12.1 Å². The van der Waals surface area contributed by atoms with Gasteiger partial charge in [-0.05, 0) is 55.2 Å². The molecule has 0 radical (unpaired) electrons. The number of rotatable bonds is 6. The summed E-state index contributed by atoms with van der Waals surface area (Å²) in [5.41, 5.74) is 4.37. The van der Waals surface area contributed by atoms with Crippen molar-refractivity contribution in [3.63, 3.8) is 0 Å². The normalized spacial score (nSPS) is 12.7. The van der Waals surface area contributed by atoms with Gasteiger partial charge in [-0.2, -0.15) is 0 Å². The van der Waals surface area contributed by atoms with Crippen LogP contribution < -0.4 is 5.32 Å². The van der Waals surface area contributed by atoms with Crippen molar-refractivity contribution in [2.75, 3.05) is 0 Å². The molecule has 4 rings (SSSR count). The molecule has 2 aromatic heterocycles. The molecule has 0 fully saturated rings. The largest absolute Gasteiger partial charge is 0.358 e. The van der Waals surface area contributed by atoms with E-state index in [0.717, 1.165) is 45.4 Å². The topological polar surface area (TPSA) is 73.6 Å².